The number of nitrogens with one attached hydrogen (secondary N) is 2. The summed E-state index contributed by atoms with van der Waals surface area (Å²) in [5.41, 5.74) is 0.524. The van der Waals surface area contributed by atoms with Crippen LogP contribution >= 0.6 is 12.2 Å². The minimum absolute atomic E-state index is 0.121. The second kappa shape index (κ2) is 8.17. The van der Waals surface area contributed by atoms with Crippen molar-refractivity contribution >= 4 is 18.1 Å². The highest BCUT2D eigenvalue weighted by Gasteiger charge is 2.13. The summed E-state index contributed by atoms with van der Waals surface area (Å²) in [6.07, 6.45) is 9.27. The Labute approximate surface area is 124 Å². The average molecular weight is 294 g/mol. The second-order valence-corrected chi connectivity index (χ2v) is 5.56. The molecule has 20 heavy (non-hydrogen) atoms. The van der Waals surface area contributed by atoms with Crippen molar-refractivity contribution in [1.82, 2.24) is 10.3 Å². The molecule has 2 rings (SSSR count). The first-order valence-electron chi connectivity index (χ1n) is 7.35. The van der Waals surface area contributed by atoms with Crippen molar-refractivity contribution in [2.45, 2.75) is 44.6 Å². The molecule has 0 saturated heterocycles. The van der Waals surface area contributed by atoms with E-state index in [-0.39, 0.29) is 5.91 Å². The Morgan fingerprint density at radius 2 is 2.20 bits per heavy atom. The molecular formula is C15H22N2O2S. The van der Waals surface area contributed by atoms with Gasteiger partial charge >= 0.3 is 0 Å². The third-order valence-corrected chi connectivity index (χ3v) is 3.91. The lowest BCUT2D eigenvalue weighted by atomic mass is 9.98. The Hall–Kier alpha value is -1.20. The second-order valence-electron chi connectivity index (χ2n) is 5.15. The fourth-order valence-electron chi connectivity index (χ4n) is 2.45. The minimum atomic E-state index is -0.121. The predicted octanol–water partition coefficient (Wildman–Crippen LogP) is 3.21. The number of rotatable bonds is 6. The van der Waals surface area contributed by atoms with E-state index in [1.807, 2.05) is 0 Å². The van der Waals surface area contributed by atoms with Crippen LogP contribution in [0.5, 0.6) is 0 Å². The Bertz CT molecular complexity index is 481. The third-order valence-electron chi connectivity index (χ3n) is 3.58. The summed E-state index contributed by atoms with van der Waals surface area (Å²) in [4.78, 5) is 14.7. The molecule has 1 amide bonds. The predicted molar refractivity (Wildman–Crippen MR) is 81.4 cm³/mol. The molecule has 1 aliphatic rings. The molecule has 5 heteroatoms. The molecular weight excluding hydrogens is 272 g/mol. The number of hydrogen-bond acceptors (Lipinski definition) is 3. The maximum absolute atomic E-state index is 11.9. The molecule has 1 aliphatic carbocycles. The van der Waals surface area contributed by atoms with Crippen molar-refractivity contribution in [2.24, 2.45) is 0 Å². The van der Waals surface area contributed by atoms with Crippen molar-refractivity contribution in [3.05, 3.63) is 28.5 Å². The molecule has 1 aromatic rings. The van der Waals surface area contributed by atoms with E-state index in [0.29, 0.717) is 29.5 Å². The van der Waals surface area contributed by atoms with Gasteiger partial charge in [-0.2, -0.15) is 0 Å². The topological polar surface area (TPSA) is 54.1 Å². The van der Waals surface area contributed by atoms with Crippen molar-refractivity contribution in [3.8, 4) is 0 Å². The molecule has 1 aromatic heterocycles. The molecule has 1 saturated carbocycles. The zero-order chi connectivity index (χ0) is 14.2. The number of ether oxygens (including phenoxy) is 1. The zero-order valence-corrected chi connectivity index (χ0v) is 12.5. The summed E-state index contributed by atoms with van der Waals surface area (Å²) >= 11 is 5.07. The lowest BCUT2D eigenvalue weighted by Crippen LogP contribution is -2.26. The van der Waals surface area contributed by atoms with E-state index in [2.05, 4.69) is 10.3 Å². The largest absolute Gasteiger partial charge is 0.378 e. The van der Waals surface area contributed by atoms with Gasteiger partial charge in [0.05, 0.1) is 11.7 Å². The number of pyridine rings is 1. The average Bonchev–Trinajstić information content (AvgIpc) is 2.48. The first-order valence-corrected chi connectivity index (χ1v) is 7.75. The van der Waals surface area contributed by atoms with Gasteiger partial charge in [0.1, 0.15) is 4.64 Å². The van der Waals surface area contributed by atoms with Gasteiger partial charge in [0.15, 0.2) is 0 Å². The molecule has 0 bridgehead atoms. The molecule has 1 fully saturated rings. The lowest BCUT2D eigenvalue weighted by Gasteiger charge is -2.21. The van der Waals surface area contributed by atoms with E-state index in [1.165, 1.54) is 32.1 Å². The molecule has 110 valence electrons. The summed E-state index contributed by atoms with van der Waals surface area (Å²) in [6, 6.07) is 3.50. The highest BCUT2D eigenvalue weighted by atomic mass is 32.1. The van der Waals surface area contributed by atoms with Crippen LogP contribution in [0.1, 0.15) is 48.9 Å². The number of H-pyrrole nitrogens is 1. The van der Waals surface area contributed by atoms with E-state index in [0.717, 1.165) is 6.42 Å². The highest BCUT2D eigenvalue weighted by Crippen LogP contribution is 2.20. The van der Waals surface area contributed by atoms with Crippen LogP contribution < -0.4 is 5.32 Å². The number of amides is 1. The van der Waals surface area contributed by atoms with E-state index in [9.17, 15) is 4.79 Å². The molecule has 0 spiro atoms. The molecule has 0 unspecified atom stereocenters. The minimum Gasteiger partial charge on any atom is -0.378 e. The van der Waals surface area contributed by atoms with Gasteiger partial charge in [-0.1, -0.05) is 31.5 Å². The fourth-order valence-corrected chi connectivity index (χ4v) is 2.68. The first kappa shape index (κ1) is 15.2. The van der Waals surface area contributed by atoms with Gasteiger partial charge in [-0.3, -0.25) is 4.79 Å². The van der Waals surface area contributed by atoms with Crippen molar-refractivity contribution in [2.75, 3.05) is 13.2 Å². The lowest BCUT2D eigenvalue weighted by molar-refractivity contribution is 0.0273. The number of aromatic amines is 1. The maximum Gasteiger partial charge on any atom is 0.254 e. The number of carbonyl (C=O) groups is 1. The summed E-state index contributed by atoms with van der Waals surface area (Å²) < 4.78 is 6.29. The standard InChI is InChI=1S/C15H22N2O2S/c18-14(13-8-4-9-17-15(13)20)16-10-5-11-19-12-6-2-1-3-7-12/h4,8-9,12H,1-3,5-7,10-11H2,(H,16,18)(H,17,20). The van der Waals surface area contributed by atoms with Gasteiger partial charge in [0, 0.05) is 19.3 Å². The zero-order valence-electron chi connectivity index (χ0n) is 11.7. The van der Waals surface area contributed by atoms with Gasteiger partial charge in [0.25, 0.3) is 5.91 Å². The van der Waals surface area contributed by atoms with E-state index in [4.69, 9.17) is 17.0 Å². The van der Waals surface area contributed by atoms with Gasteiger partial charge < -0.3 is 15.0 Å². The number of carbonyl (C=O) groups excluding carboxylic acids is 1. The Morgan fingerprint density at radius 3 is 2.95 bits per heavy atom. The highest BCUT2D eigenvalue weighted by molar-refractivity contribution is 7.71. The molecule has 0 atom stereocenters. The molecule has 0 aromatic carbocycles. The molecule has 0 aliphatic heterocycles. The SMILES string of the molecule is O=C(NCCCOC1CCCCC1)c1ccc[nH]c1=S. The van der Waals surface area contributed by atoms with E-state index in [1.54, 1.807) is 18.3 Å². The van der Waals surface area contributed by atoms with Gasteiger partial charge in [-0.15, -0.1) is 0 Å². The van der Waals surface area contributed by atoms with Crippen LogP contribution in [0.3, 0.4) is 0 Å². The monoisotopic (exact) mass is 294 g/mol. The Morgan fingerprint density at radius 1 is 1.40 bits per heavy atom. The van der Waals surface area contributed by atoms with Gasteiger partial charge in [-0.05, 0) is 31.4 Å². The van der Waals surface area contributed by atoms with Crippen LogP contribution in [0.25, 0.3) is 0 Å². The van der Waals surface area contributed by atoms with Crippen molar-refractivity contribution in [1.29, 1.82) is 0 Å². The normalized spacial score (nSPS) is 16.0. The first-order chi connectivity index (χ1) is 9.77. The Kier molecular flexibility index (Phi) is 6.21. The summed E-state index contributed by atoms with van der Waals surface area (Å²) in [7, 11) is 0. The molecule has 1 heterocycles. The van der Waals surface area contributed by atoms with Crippen LogP contribution in [0.15, 0.2) is 18.3 Å². The quantitative estimate of drug-likeness (QED) is 0.625. The summed E-state index contributed by atoms with van der Waals surface area (Å²) in [5, 5.41) is 2.87. The van der Waals surface area contributed by atoms with Gasteiger partial charge in [-0.25, -0.2) is 0 Å². The molecule has 0 radical (unpaired) electrons. The van der Waals surface area contributed by atoms with Crippen LogP contribution in [0.4, 0.5) is 0 Å². The van der Waals surface area contributed by atoms with Crippen molar-refractivity contribution < 1.29 is 9.53 Å². The number of aromatic nitrogens is 1. The van der Waals surface area contributed by atoms with Crippen molar-refractivity contribution in [3.63, 3.8) is 0 Å². The number of hydrogen-bond donors (Lipinski definition) is 2. The molecule has 2 N–H and O–H groups in total. The Balaban J connectivity index is 1.62. The fraction of sp³-hybridized carbons (Fsp3) is 0.600. The van der Waals surface area contributed by atoms with E-state index < -0.39 is 0 Å². The van der Waals surface area contributed by atoms with Gasteiger partial charge in [0.2, 0.25) is 0 Å². The van der Waals surface area contributed by atoms with Crippen LogP contribution in [-0.4, -0.2) is 30.1 Å². The van der Waals surface area contributed by atoms with Crippen LogP contribution in [0.2, 0.25) is 0 Å². The smallest absolute Gasteiger partial charge is 0.254 e. The van der Waals surface area contributed by atoms with E-state index >= 15 is 0 Å². The van der Waals surface area contributed by atoms with Crippen LogP contribution in [-0.2, 0) is 4.74 Å². The molecule has 4 nitrogen and oxygen atoms in total. The maximum atomic E-state index is 11.9. The third kappa shape index (κ3) is 4.72. The van der Waals surface area contributed by atoms with Crippen LogP contribution in [0, 0.1) is 4.64 Å². The summed E-state index contributed by atoms with van der Waals surface area (Å²) in [5.74, 6) is -0.121. The summed E-state index contributed by atoms with van der Waals surface area (Å²) in [6.45, 7) is 1.34.